The lowest BCUT2D eigenvalue weighted by Crippen LogP contribution is -2.47. The van der Waals surface area contributed by atoms with Gasteiger partial charge >= 0.3 is 0 Å². The van der Waals surface area contributed by atoms with Gasteiger partial charge in [0.05, 0.1) is 11.3 Å². The Bertz CT molecular complexity index is 1580. The van der Waals surface area contributed by atoms with Gasteiger partial charge < -0.3 is 25.5 Å². The van der Waals surface area contributed by atoms with Gasteiger partial charge in [0.15, 0.2) is 5.65 Å². The van der Waals surface area contributed by atoms with E-state index < -0.39 is 5.60 Å². The van der Waals surface area contributed by atoms with Crippen molar-refractivity contribution in [1.29, 1.82) is 0 Å². The summed E-state index contributed by atoms with van der Waals surface area (Å²) in [7, 11) is 0. The van der Waals surface area contributed by atoms with Gasteiger partial charge in [-0.1, -0.05) is 23.7 Å². The highest BCUT2D eigenvalue weighted by Gasteiger charge is 2.37. The molecule has 0 radical (unpaired) electrons. The van der Waals surface area contributed by atoms with Crippen LogP contribution in [0.2, 0.25) is 5.02 Å². The van der Waals surface area contributed by atoms with Crippen molar-refractivity contribution < 1.29 is 9.90 Å². The molecule has 0 unspecified atom stereocenters. The van der Waals surface area contributed by atoms with Gasteiger partial charge in [0.2, 0.25) is 5.95 Å². The predicted octanol–water partition coefficient (Wildman–Crippen LogP) is 5.22. The molecule has 5 heterocycles. The van der Waals surface area contributed by atoms with Crippen LogP contribution in [0.4, 0.5) is 17.3 Å². The molecule has 0 saturated carbocycles. The fraction of sp³-hybridized carbons (Fsp3) is 0.424. The van der Waals surface area contributed by atoms with Gasteiger partial charge in [-0.05, 0) is 111 Å². The molecule has 3 fully saturated rings. The number of carbonyl (C=O) groups excluding carboxylic acids is 1. The standard InChI is InChI=1S/C33H38ClN7O2/c34-26-7-5-25(6-8-26)33(43)15-22-39(23-16-33)28-2-1-19-41-29(28)37-31(38-41)36-27-9-3-24(4-10-27)30(42)40-20-13-32(14-21-40)11-17-35-18-12-32/h1-10,19,35,43H,11-18,20-23H2,(H,36,38). The highest BCUT2D eigenvalue weighted by molar-refractivity contribution is 6.30. The average molecular weight is 600 g/mol. The van der Waals surface area contributed by atoms with E-state index in [4.69, 9.17) is 16.6 Å². The van der Waals surface area contributed by atoms with Crippen LogP contribution in [-0.4, -0.2) is 69.8 Å². The Hall–Kier alpha value is -3.66. The number of carbonyl (C=O) groups is 1. The van der Waals surface area contributed by atoms with Gasteiger partial charge in [-0.2, -0.15) is 4.98 Å². The van der Waals surface area contributed by atoms with E-state index in [9.17, 15) is 9.90 Å². The number of nitrogens with zero attached hydrogens (tertiary/aromatic N) is 5. The molecule has 3 N–H and O–H groups in total. The number of anilines is 3. The number of hydrogen-bond donors (Lipinski definition) is 3. The molecule has 0 atom stereocenters. The molecule has 3 saturated heterocycles. The summed E-state index contributed by atoms with van der Waals surface area (Å²) < 4.78 is 1.78. The van der Waals surface area contributed by atoms with E-state index in [1.165, 1.54) is 12.8 Å². The van der Waals surface area contributed by atoms with Crippen LogP contribution in [0.3, 0.4) is 0 Å². The number of likely N-dealkylation sites (tertiary alicyclic amines) is 1. The SMILES string of the molecule is O=C(c1ccc(Nc2nc3c(N4CCC(O)(c5ccc(Cl)cc5)CC4)cccn3n2)cc1)N1CCC2(CCNCC2)CC1. The van der Waals surface area contributed by atoms with Gasteiger partial charge in [0, 0.05) is 48.6 Å². The zero-order chi connectivity index (χ0) is 29.4. The third-order valence-electron chi connectivity index (χ3n) is 9.82. The van der Waals surface area contributed by atoms with Gasteiger partial charge in [0.25, 0.3) is 5.91 Å². The number of fused-ring (bicyclic) bond motifs is 1. The average Bonchev–Trinajstić information content (AvgIpc) is 3.45. The van der Waals surface area contributed by atoms with E-state index in [0.717, 1.165) is 61.6 Å². The van der Waals surface area contributed by atoms with Crippen LogP contribution in [0.25, 0.3) is 5.65 Å². The fourth-order valence-corrected chi connectivity index (χ4v) is 7.13. The molecule has 224 valence electrons. The lowest BCUT2D eigenvalue weighted by Gasteiger charge is -2.44. The second-order valence-corrected chi connectivity index (χ2v) is 12.8. The van der Waals surface area contributed by atoms with Crippen molar-refractivity contribution in [2.24, 2.45) is 5.41 Å². The van der Waals surface area contributed by atoms with Crippen molar-refractivity contribution >= 4 is 40.5 Å². The number of benzene rings is 2. The van der Waals surface area contributed by atoms with Crippen LogP contribution < -0.4 is 15.5 Å². The highest BCUT2D eigenvalue weighted by atomic mass is 35.5. The first kappa shape index (κ1) is 28.1. The second kappa shape index (κ2) is 11.4. The van der Waals surface area contributed by atoms with Gasteiger partial charge in [0.1, 0.15) is 0 Å². The molecule has 0 bridgehead atoms. The number of aromatic nitrogens is 3. The van der Waals surface area contributed by atoms with Crippen LogP contribution in [0.15, 0.2) is 66.9 Å². The molecule has 4 aromatic rings. The normalized spacial score (nSPS) is 20.0. The van der Waals surface area contributed by atoms with E-state index in [1.807, 2.05) is 65.7 Å². The lowest BCUT2D eigenvalue weighted by atomic mass is 9.71. The number of halogens is 1. The fourth-order valence-electron chi connectivity index (χ4n) is 7.01. The van der Waals surface area contributed by atoms with E-state index in [-0.39, 0.29) is 5.91 Å². The van der Waals surface area contributed by atoms with Crippen molar-refractivity contribution in [3.8, 4) is 0 Å². The summed E-state index contributed by atoms with van der Waals surface area (Å²) in [6.45, 7) is 5.25. The monoisotopic (exact) mass is 599 g/mol. The molecule has 10 heteroatoms. The minimum absolute atomic E-state index is 0.107. The molecule has 43 heavy (non-hydrogen) atoms. The Morgan fingerprint density at radius 2 is 1.58 bits per heavy atom. The first-order valence-electron chi connectivity index (χ1n) is 15.4. The quantitative estimate of drug-likeness (QED) is 0.289. The van der Waals surface area contributed by atoms with Gasteiger partial charge in [-0.25, -0.2) is 4.52 Å². The van der Waals surface area contributed by atoms with Crippen molar-refractivity contribution in [3.05, 3.63) is 83.0 Å². The number of hydrogen-bond acceptors (Lipinski definition) is 7. The minimum atomic E-state index is -0.872. The summed E-state index contributed by atoms with van der Waals surface area (Å²) in [6, 6.07) is 19.1. The Morgan fingerprint density at radius 3 is 2.28 bits per heavy atom. The number of pyridine rings is 1. The highest BCUT2D eigenvalue weighted by Crippen LogP contribution is 2.40. The molecule has 0 aliphatic carbocycles. The zero-order valence-corrected chi connectivity index (χ0v) is 25.1. The summed E-state index contributed by atoms with van der Waals surface area (Å²) in [5.41, 5.74) is 3.72. The summed E-state index contributed by atoms with van der Waals surface area (Å²) in [5, 5.41) is 23.4. The topological polar surface area (TPSA) is 98.0 Å². The van der Waals surface area contributed by atoms with Gasteiger partial charge in [-0.3, -0.25) is 4.79 Å². The molecule has 2 aromatic carbocycles. The maximum Gasteiger partial charge on any atom is 0.253 e. The maximum absolute atomic E-state index is 13.2. The molecule has 9 nitrogen and oxygen atoms in total. The third-order valence-corrected chi connectivity index (χ3v) is 10.1. The van der Waals surface area contributed by atoms with Gasteiger partial charge in [-0.15, -0.1) is 5.10 Å². The molecule has 1 spiro atoms. The first-order valence-corrected chi connectivity index (χ1v) is 15.7. The van der Waals surface area contributed by atoms with Crippen LogP contribution in [0.1, 0.15) is 54.4 Å². The van der Waals surface area contributed by atoms with Crippen LogP contribution >= 0.6 is 11.6 Å². The van der Waals surface area contributed by atoms with Crippen molar-refractivity contribution in [2.75, 3.05) is 49.5 Å². The second-order valence-electron chi connectivity index (χ2n) is 12.4. The number of nitrogens with one attached hydrogen (secondary N) is 2. The van der Waals surface area contributed by atoms with Crippen LogP contribution in [0.5, 0.6) is 0 Å². The lowest BCUT2D eigenvalue weighted by molar-refractivity contribution is 0.0118. The third kappa shape index (κ3) is 5.69. The Balaban J connectivity index is 0.996. The number of aliphatic hydroxyl groups is 1. The Kier molecular flexibility index (Phi) is 7.49. The molecule has 3 aliphatic heterocycles. The molecular weight excluding hydrogens is 562 g/mol. The Morgan fingerprint density at radius 1 is 0.884 bits per heavy atom. The molecule has 7 rings (SSSR count). The van der Waals surface area contributed by atoms with E-state index >= 15 is 0 Å². The predicted molar refractivity (Wildman–Crippen MR) is 169 cm³/mol. The van der Waals surface area contributed by atoms with Crippen LogP contribution in [-0.2, 0) is 5.60 Å². The van der Waals surface area contributed by atoms with E-state index in [2.05, 4.69) is 26.7 Å². The van der Waals surface area contributed by atoms with Crippen molar-refractivity contribution in [2.45, 2.75) is 44.1 Å². The van der Waals surface area contributed by atoms with E-state index in [1.54, 1.807) is 4.52 Å². The molecule has 2 aromatic heterocycles. The van der Waals surface area contributed by atoms with Crippen LogP contribution in [0, 0.1) is 5.41 Å². The zero-order valence-electron chi connectivity index (χ0n) is 24.3. The summed E-state index contributed by atoms with van der Waals surface area (Å²) in [6.07, 6.45) is 7.74. The summed E-state index contributed by atoms with van der Waals surface area (Å²) in [5.74, 6) is 0.597. The van der Waals surface area contributed by atoms with Crippen molar-refractivity contribution in [1.82, 2.24) is 24.8 Å². The molecule has 3 aliphatic rings. The van der Waals surface area contributed by atoms with Crippen molar-refractivity contribution in [3.63, 3.8) is 0 Å². The maximum atomic E-state index is 13.2. The minimum Gasteiger partial charge on any atom is -0.385 e. The molecule has 1 amide bonds. The largest absolute Gasteiger partial charge is 0.385 e. The number of amides is 1. The van der Waals surface area contributed by atoms with E-state index in [0.29, 0.717) is 47.9 Å². The molecular formula is C33H38ClN7O2. The smallest absolute Gasteiger partial charge is 0.253 e. The Labute approximate surface area is 256 Å². The number of piperidine rings is 3. The summed E-state index contributed by atoms with van der Waals surface area (Å²) in [4.78, 5) is 22.3. The first-order chi connectivity index (χ1) is 20.9. The summed E-state index contributed by atoms with van der Waals surface area (Å²) >= 11 is 6.05. The number of rotatable bonds is 5.